The van der Waals surface area contributed by atoms with Gasteiger partial charge in [0, 0.05) is 4.91 Å². The van der Waals surface area contributed by atoms with Crippen molar-refractivity contribution in [2.45, 2.75) is 6.04 Å². The summed E-state index contributed by atoms with van der Waals surface area (Å²) >= 11 is 1.47. The number of fused-ring (bicyclic) bond motifs is 1. The zero-order valence-electron chi connectivity index (χ0n) is 5.65. The molecular weight excluding hydrogens is 160 g/mol. The van der Waals surface area contributed by atoms with E-state index in [0.29, 0.717) is 5.57 Å². The van der Waals surface area contributed by atoms with Gasteiger partial charge in [-0.15, -0.1) is 0 Å². The van der Waals surface area contributed by atoms with Crippen LogP contribution >= 0.6 is 11.8 Å². The average Bonchev–Trinajstić information content (AvgIpc) is 2.41. The van der Waals surface area contributed by atoms with E-state index in [4.69, 9.17) is 5.73 Å². The molecule has 0 radical (unpaired) electrons. The number of carbonyl (C=O) groups excluding carboxylic acids is 1. The third-order valence-corrected chi connectivity index (χ3v) is 2.59. The molecule has 2 N–H and O–H groups in total. The summed E-state index contributed by atoms with van der Waals surface area (Å²) in [5, 5.41) is 0. The van der Waals surface area contributed by atoms with Gasteiger partial charge in [-0.3, -0.25) is 9.79 Å². The quantitative estimate of drug-likeness (QED) is 0.614. The van der Waals surface area contributed by atoms with Gasteiger partial charge in [0.05, 0.1) is 11.1 Å². The van der Waals surface area contributed by atoms with Gasteiger partial charge in [-0.25, -0.2) is 0 Å². The topological polar surface area (TPSA) is 55.5 Å². The van der Waals surface area contributed by atoms with Gasteiger partial charge in [0.25, 0.3) is 0 Å². The van der Waals surface area contributed by atoms with E-state index in [1.807, 2.05) is 6.08 Å². The Morgan fingerprint density at radius 2 is 2.55 bits per heavy atom. The summed E-state index contributed by atoms with van der Waals surface area (Å²) in [6, 6.07) is 0.0718. The third kappa shape index (κ3) is 0.903. The van der Waals surface area contributed by atoms with Crippen LogP contribution < -0.4 is 5.73 Å². The zero-order chi connectivity index (χ0) is 7.84. The Morgan fingerprint density at radius 1 is 1.73 bits per heavy atom. The maximum absolute atomic E-state index is 10.8. The molecule has 1 heterocycles. The summed E-state index contributed by atoms with van der Waals surface area (Å²) < 4.78 is 0. The summed E-state index contributed by atoms with van der Waals surface area (Å²) in [5.74, 6) is -0.364. The highest BCUT2D eigenvalue weighted by Crippen LogP contribution is 2.34. The number of aliphatic imine (C=N–C) groups is 1. The van der Waals surface area contributed by atoms with Crippen LogP contribution in [0.4, 0.5) is 0 Å². The van der Waals surface area contributed by atoms with Gasteiger partial charge in [0.15, 0.2) is 0 Å². The lowest BCUT2D eigenvalue weighted by Crippen LogP contribution is -2.13. The Hall–Kier alpha value is -1.03. The average molecular weight is 166 g/mol. The van der Waals surface area contributed by atoms with Crippen molar-refractivity contribution in [1.82, 2.24) is 0 Å². The van der Waals surface area contributed by atoms with Crippen LogP contribution in [0.1, 0.15) is 0 Å². The van der Waals surface area contributed by atoms with Crippen LogP contribution in [-0.4, -0.2) is 17.5 Å². The van der Waals surface area contributed by atoms with Crippen molar-refractivity contribution in [3.05, 3.63) is 22.6 Å². The Bertz CT molecular complexity index is 304. The number of nitrogens with zero attached hydrogens (tertiary/aromatic N) is 1. The highest BCUT2D eigenvalue weighted by molar-refractivity contribution is 8.15. The van der Waals surface area contributed by atoms with Crippen LogP contribution in [0.15, 0.2) is 27.6 Å². The minimum Gasteiger partial charge on any atom is -0.366 e. The first kappa shape index (κ1) is 6.67. The molecule has 4 heteroatoms. The fourth-order valence-electron chi connectivity index (χ4n) is 1.12. The normalized spacial score (nSPS) is 26.4. The Kier molecular flexibility index (Phi) is 1.35. The molecule has 0 fully saturated rings. The first-order chi connectivity index (χ1) is 5.29. The minimum atomic E-state index is -0.364. The zero-order valence-corrected chi connectivity index (χ0v) is 6.47. The molecule has 1 aliphatic carbocycles. The summed E-state index contributed by atoms with van der Waals surface area (Å²) in [6.45, 7) is 0. The van der Waals surface area contributed by atoms with E-state index in [2.05, 4.69) is 4.99 Å². The minimum absolute atomic E-state index is 0.0718. The molecule has 0 aromatic rings. The van der Waals surface area contributed by atoms with E-state index in [9.17, 15) is 4.79 Å². The van der Waals surface area contributed by atoms with Crippen LogP contribution in [0, 0.1) is 0 Å². The molecule has 2 aliphatic rings. The second kappa shape index (κ2) is 2.23. The smallest absolute Gasteiger partial charge is 0.249 e. The van der Waals surface area contributed by atoms with Crippen molar-refractivity contribution >= 4 is 23.2 Å². The molecule has 56 valence electrons. The van der Waals surface area contributed by atoms with Crippen LogP contribution in [-0.2, 0) is 4.79 Å². The molecule has 0 spiro atoms. The molecule has 11 heavy (non-hydrogen) atoms. The van der Waals surface area contributed by atoms with Crippen LogP contribution in [0.2, 0.25) is 0 Å². The number of carbonyl (C=O) groups is 1. The van der Waals surface area contributed by atoms with Crippen LogP contribution in [0.5, 0.6) is 0 Å². The number of primary amides is 1. The van der Waals surface area contributed by atoms with Crippen molar-refractivity contribution in [2.75, 3.05) is 0 Å². The Morgan fingerprint density at radius 3 is 3.27 bits per heavy atom. The molecule has 1 atom stereocenters. The highest BCUT2D eigenvalue weighted by Gasteiger charge is 2.25. The lowest BCUT2D eigenvalue weighted by molar-refractivity contribution is -0.114. The lowest BCUT2D eigenvalue weighted by Gasteiger charge is -1.98. The number of thioether (sulfide) groups is 1. The molecule has 0 aromatic carbocycles. The van der Waals surface area contributed by atoms with Gasteiger partial charge in [-0.2, -0.15) is 0 Å². The van der Waals surface area contributed by atoms with Crippen molar-refractivity contribution in [3.63, 3.8) is 0 Å². The molecular formula is C7H6N2OS. The fraction of sp³-hybridized carbons (Fsp3) is 0.143. The van der Waals surface area contributed by atoms with E-state index in [0.717, 1.165) is 4.91 Å². The molecule has 0 aromatic heterocycles. The summed E-state index contributed by atoms with van der Waals surface area (Å²) in [6.07, 6.45) is 3.62. The number of rotatable bonds is 1. The first-order valence-corrected chi connectivity index (χ1v) is 4.07. The molecule has 1 amide bonds. The highest BCUT2D eigenvalue weighted by atomic mass is 32.2. The number of hydrogen-bond acceptors (Lipinski definition) is 3. The van der Waals surface area contributed by atoms with Gasteiger partial charge in [-0.05, 0) is 0 Å². The lowest BCUT2D eigenvalue weighted by atomic mass is 10.2. The predicted octanol–water partition coefficient (Wildman–Crippen LogP) is 0.439. The predicted molar refractivity (Wildman–Crippen MR) is 45.2 cm³/mol. The number of amides is 1. The monoisotopic (exact) mass is 166 g/mol. The summed E-state index contributed by atoms with van der Waals surface area (Å²) in [5.41, 5.74) is 7.49. The third-order valence-electron chi connectivity index (χ3n) is 1.65. The van der Waals surface area contributed by atoms with E-state index in [-0.39, 0.29) is 11.9 Å². The second-order valence-corrected chi connectivity index (χ2v) is 3.20. The van der Waals surface area contributed by atoms with Gasteiger partial charge >= 0.3 is 0 Å². The largest absolute Gasteiger partial charge is 0.366 e. The molecule has 0 saturated heterocycles. The summed E-state index contributed by atoms with van der Waals surface area (Å²) in [7, 11) is 0. The SMILES string of the molecule is NC(=O)C1=C2SC=NC2C=C1. The van der Waals surface area contributed by atoms with Crippen molar-refractivity contribution in [2.24, 2.45) is 10.7 Å². The maximum atomic E-state index is 10.8. The Labute approximate surface area is 68.1 Å². The molecule has 0 bridgehead atoms. The summed E-state index contributed by atoms with van der Waals surface area (Å²) in [4.78, 5) is 15.9. The number of hydrogen-bond donors (Lipinski definition) is 1. The van der Waals surface area contributed by atoms with Gasteiger partial charge in [-0.1, -0.05) is 23.9 Å². The van der Waals surface area contributed by atoms with E-state index < -0.39 is 0 Å². The van der Waals surface area contributed by atoms with Crippen molar-refractivity contribution in [3.8, 4) is 0 Å². The van der Waals surface area contributed by atoms with Crippen LogP contribution in [0.25, 0.3) is 0 Å². The van der Waals surface area contributed by atoms with E-state index in [1.165, 1.54) is 11.8 Å². The maximum Gasteiger partial charge on any atom is 0.249 e. The van der Waals surface area contributed by atoms with Crippen molar-refractivity contribution in [1.29, 1.82) is 0 Å². The van der Waals surface area contributed by atoms with Crippen LogP contribution in [0.3, 0.4) is 0 Å². The molecule has 1 aliphatic heterocycles. The fourth-order valence-corrected chi connectivity index (χ4v) is 2.00. The number of nitrogens with two attached hydrogens (primary N) is 1. The van der Waals surface area contributed by atoms with Gasteiger partial charge < -0.3 is 5.73 Å². The van der Waals surface area contributed by atoms with Gasteiger partial charge in [0.1, 0.15) is 6.04 Å². The van der Waals surface area contributed by atoms with E-state index >= 15 is 0 Å². The van der Waals surface area contributed by atoms with Crippen molar-refractivity contribution < 1.29 is 4.79 Å². The molecule has 0 saturated carbocycles. The molecule has 3 nitrogen and oxygen atoms in total. The second-order valence-electron chi connectivity index (χ2n) is 2.32. The first-order valence-electron chi connectivity index (χ1n) is 3.19. The van der Waals surface area contributed by atoms with Gasteiger partial charge in [0.2, 0.25) is 5.91 Å². The standard InChI is InChI=1S/C7H6N2OS/c8-7(10)4-1-2-5-6(4)11-3-9-5/h1-3,5H,(H2,8,10). The molecule has 1 unspecified atom stereocenters. The van der Waals surface area contributed by atoms with E-state index in [1.54, 1.807) is 11.6 Å². The Balaban J connectivity index is 2.41. The molecule has 2 rings (SSSR count).